The molecule has 86 valence electrons. The van der Waals surface area contributed by atoms with Crippen LogP contribution >= 0.6 is 0 Å². The van der Waals surface area contributed by atoms with Gasteiger partial charge in [-0.15, -0.1) is 6.58 Å². The predicted octanol–water partition coefficient (Wildman–Crippen LogP) is -0.562. The molecule has 4 N–H and O–H groups in total. The van der Waals surface area contributed by atoms with Crippen LogP contribution in [0.2, 0.25) is 0 Å². The highest BCUT2D eigenvalue weighted by atomic mass is 32.2. The SMILES string of the molecule is C=CCN.O=C1C=CC(=O)O1.O=S(O)O. The maximum atomic E-state index is 9.92. The molecule has 0 saturated carbocycles. The second kappa shape index (κ2) is 10.7. The van der Waals surface area contributed by atoms with Gasteiger partial charge in [-0.2, -0.15) is 4.21 Å². The number of rotatable bonds is 1. The molecule has 0 aromatic heterocycles. The van der Waals surface area contributed by atoms with Gasteiger partial charge < -0.3 is 10.5 Å². The van der Waals surface area contributed by atoms with Crippen LogP contribution in [-0.4, -0.2) is 31.8 Å². The van der Waals surface area contributed by atoms with Gasteiger partial charge in [-0.05, 0) is 0 Å². The summed E-state index contributed by atoms with van der Waals surface area (Å²) in [5.74, 6) is -1.16. The van der Waals surface area contributed by atoms with Gasteiger partial charge in [0, 0.05) is 18.7 Å². The van der Waals surface area contributed by atoms with Crippen LogP contribution < -0.4 is 5.73 Å². The lowest BCUT2D eigenvalue weighted by Crippen LogP contribution is -1.96. The Balaban J connectivity index is 0. The molecule has 1 aliphatic rings. The minimum atomic E-state index is -2.61. The summed E-state index contributed by atoms with van der Waals surface area (Å²) in [6.07, 6.45) is 3.82. The molecule has 1 heterocycles. The predicted molar refractivity (Wildman–Crippen MR) is 52.9 cm³/mol. The van der Waals surface area contributed by atoms with Gasteiger partial charge in [0.05, 0.1) is 0 Å². The van der Waals surface area contributed by atoms with E-state index in [4.69, 9.17) is 19.0 Å². The molecule has 1 aliphatic heterocycles. The summed E-state index contributed by atoms with van der Waals surface area (Å²) in [5.41, 5.74) is 4.91. The molecule has 0 saturated heterocycles. The van der Waals surface area contributed by atoms with Crippen molar-refractivity contribution in [1.29, 1.82) is 0 Å². The van der Waals surface area contributed by atoms with Gasteiger partial charge >= 0.3 is 11.9 Å². The smallest absolute Gasteiger partial charge is 0.338 e. The van der Waals surface area contributed by atoms with Gasteiger partial charge in [0.15, 0.2) is 0 Å². The normalized spacial score (nSPS) is 12.3. The number of carbonyl (C=O) groups is 2. The zero-order chi connectivity index (χ0) is 12.3. The Bertz CT molecular complexity index is 255. The fourth-order valence-electron chi connectivity index (χ4n) is 0.303. The molecule has 0 aliphatic carbocycles. The Kier molecular flexibility index (Phi) is 11.5. The second-order valence-corrected chi connectivity index (χ2v) is 2.29. The standard InChI is InChI=1S/C4H2O3.C3H7N.H2O3S/c5-3-1-2-4(6)7-3;1-2-3-4;1-4(2)3/h1-2H;2H,1,3-4H2;(H2,1,2,3). The van der Waals surface area contributed by atoms with Crippen molar-refractivity contribution in [3.05, 3.63) is 24.8 Å². The van der Waals surface area contributed by atoms with Crippen molar-refractivity contribution in [3.8, 4) is 0 Å². The van der Waals surface area contributed by atoms with E-state index in [1.54, 1.807) is 6.08 Å². The van der Waals surface area contributed by atoms with Crippen LogP contribution in [0.15, 0.2) is 24.8 Å². The number of ether oxygens (including phenoxy) is 1. The summed E-state index contributed by atoms with van der Waals surface area (Å²) >= 11 is -2.61. The third-order valence-electron chi connectivity index (χ3n) is 0.723. The molecule has 8 heteroatoms. The second-order valence-electron chi connectivity index (χ2n) is 1.83. The molecule has 15 heavy (non-hydrogen) atoms. The lowest BCUT2D eigenvalue weighted by molar-refractivity contribution is -0.150. The lowest BCUT2D eigenvalue weighted by Gasteiger charge is -1.80. The fourth-order valence-corrected chi connectivity index (χ4v) is 0.303. The van der Waals surface area contributed by atoms with Crippen LogP contribution in [0.4, 0.5) is 0 Å². The molecular formula is C7H11NO6S. The van der Waals surface area contributed by atoms with E-state index in [-0.39, 0.29) is 0 Å². The third-order valence-corrected chi connectivity index (χ3v) is 0.723. The average Bonchev–Trinajstić information content (AvgIpc) is 2.49. The maximum absolute atomic E-state index is 9.92. The van der Waals surface area contributed by atoms with E-state index < -0.39 is 23.3 Å². The first-order valence-electron chi connectivity index (χ1n) is 3.48. The van der Waals surface area contributed by atoms with Crippen LogP contribution in [-0.2, 0) is 25.7 Å². The summed E-state index contributed by atoms with van der Waals surface area (Å²) in [5, 5.41) is 0. The molecule has 7 nitrogen and oxygen atoms in total. The molecule has 0 aromatic carbocycles. The van der Waals surface area contributed by atoms with Gasteiger partial charge in [0.25, 0.3) is 11.4 Å². The minimum Gasteiger partial charge on any atom is -0.387 e. The zero-order valence-electron chi connectivity index (χ0n) is 7.66. The monoisotopic (exact) mass is 237 g/mol. The first kappa shape index (κ1) is 16.1. The summed E-state index contributed by atoms with van der Waals surface area (Å²) in [7, 11) is 0. The minimum absolute atomic E-state index is 0.579. The molecule has 1 rings (SSSR count). The van der Waals surface area contributed by atoms with E-state index in [1.165, 1.54) is 0 Å². The summed E-state index contributed by atoms with van der Waals surface area (Å²) in [4.78, 5) is 19.8. The van der Waals surface area contributed by atoms with Crippen LogP contribution in [0.1, 0.15) is 0 Å². The first-order valence-corrected chi connectivity index (χ1v) is 4.55. The van der Waals surface area contributed by atoms with Crippen LogP contribution in [0.5, 0.6) is 0 Å². The van der Waals surface area contributed by atoms with Crippen molar-refractivity contribution in [3.63, 3.8) is 0 Å². The number of carbonyl (C=O) groups excluding carboxylic acids is 2. The van der Waals surface area contributed by atoms with Gasteiger partial charge in [-0.1, -0.05) is 6.08 Å². The molecule has 0 radical (unpaired) electrons. The highest BCUT2D eigenvalue weighted by molar-refractivity contribution is 7.73. The number of cyclic esters (lactones) is 2. The van der Waals surface area contributed by atoms with Crippen molar-refractivity contribution in [2.75, 3.05) is 6.54 Å². The fraction of sp³-hybridized carbons (Fsp3) is 0.143. The zero-order valence-corrected chi connectivity index (χ0v) is 8.48. The molecule has 0 atom stereocenters. The summed E-state index contributed by atoms with van der Waals surface area (Å²) in [6.45, 7) is 3.94. The summed E-state index contributed by atoms with van der Waals surface area (Å²) < 4.78 is 26.8. The van der Waals surface area contributed by atoms with Crippen LogP contribution in [0.25, 0.3) is 0 Å². The summed E-state index contributed by atoms with van der Waals surface area (Å²) in [6, 6.07) is 0. The number of hydrogen-bond donors (Lipinski definition) is 3. The number of nitrogens with two attached hydrogens (primary N) is 1. The van der Waals surface area contributed by atoms with E-state index in [9.17, 15) is 9.59 Å². The van der Waals surface area contributed by atoms with Crippen molar-refractivity contribution < 1.29 is 27.6 Å². The molecule has 0 aromatic rings. The van der Waals surface area contributed by atoms with Gasteiger partial charge in [0.2, 0.25) is 0 Å². The van der Waals surface area contributed by atoms with E-state index in [2.05, 4.69) is 11.3 Å². The van der Waals surface area contributed by atoms with Crippen molar-refractivity contribution in [1.82, 2.24) is 0 Å². The Morgan fingerprint density at radius 3 is 1.73 bits per heavy atom. The van der Waals surface area contributed by atoms with Gasteiger partial charge in [-0.3, -0.25) is 9.11 Å². The third kappa shape index (κ3) is 19.2. The van der Waals surface area contributed by atoms with Crippen LogP contribution in [0.3, 0.4) is 0 Å². The largest absolute Gasteiger partial charge is 0.387 e. The molecule has 0 bridgehead atoms. The quantitative estimate of drug-likeness (QED) is 0.241. The first-order chi connectivity index (χ1) is 6.93. The highest BCUT2D eigenvalue weighted by Gasteiger charge is 2.10. The van der Waals surface area contributed by atoms with Crippen molar-refractivity contribution in [2.45, 2.75) is 0 Å². The molecular weight excluding hydrogens is 226 g/mol. The number of hydrogen-bond acceptors (Lipinski definition) is 5. The van der Waals surface area contributed by atoms with E-state index in [1.807, 2.05) is 0 Å². The van der Waals surface area contributed by atoms with E-state index >= 15 is 0 Å². The van der Waals surface area contributed by atoms with Gasteiger partial charge in [0.1, 0.15) is 0 Å². The molecule has 0 amide bonds. The Hall–Kier alpha value is -1.35. The topological polar surface area (TPSA) is 127 Å². The maximum Gasteiger partial charge on any atom is 0.338 e. The molecule has 0 unspecified atom stereocenters. The van der Waals surface area contributed by atoms with Gasteiger partial charge in [-0.25, -0.2) is 9.59 Å². The Labute approximate surface area is 88.7 Å². The highest BCUT2D eigenvalue weighted by Crippen LogP contribution is 1.92. The molecule has 0 fully saturated rings. The van der Waals surface area contributed by atoms with Crippen LogP contribution in [0, 0.1) is 0 Å². The van der Waals surface area contributed by atoms with Crippen molar-refractivity contribution in [2.24, 2.45) is 5.73 Å². The lowest BCUT2D eigenvalue weighted by atomic mass is 10.6. The van der Waals surface area contributed by atoms with E-state index in [0.717, 1.165) is 12.2 Å². The van der Waals surface area contributed by atoms with E-state index in [0.29, 0.717) is 6.54 Å². The Morgan fingerprint density at radius 1 is 1.40 bits per heavy atom. The number of esters is 2. The van der Waals surface area contributed by atoms with Crippen molar-refractivity contribution >= 4 is 23.3 Å². The average molecular weight is 237 g/mol. The Morgan fingerprint density at radius 2 is 1.67 bits per heavy atom. The molecule has 0 spiro atoms.